The third-order valence-electron chi connectivity index (χ3n) is 4.27. The van der Waals surface area contributed by atoms with Crippen LogP contribution in [0.2, 0.25) is 5.02 Å². The fourth-order valence-electron chi connectivity index (χ4n) is 2.71. The third kappa shape index (κ3) is 4.92. The highest BCUT2D eigenvalue weighted by molar-refractivity contribution is 7.89. The predicted molar refractivity (Wildman–Crippen MR) is 102 cm³/mol. The molecule has 6 nitrogen and oxygen atoms in total. The summed E-state index contributed by atoms with van der Waals surface area (Å²) in [5.41, 5.74) is -1.46. The molecule has 11 heteroatoms. The van der Waals surface area contributed by atoms with Gasteiger partial charge in [0, 0.05) is 12.5 Å². The minimum absolute atomic E-state index is 0.0963. The fraction of sp³-hybridized carbons (Fsp3) is 0.556. The average molecular weight is 454 g/mol. The summed E-state index contributed by atoms with van der Waals surface area (Å²) in [5, 5.41) is 7.47. The van der Waals surface area contributed by atoms with Crippen molar-refractivity contribution in [3.63, 3.8) is 0 Å². The van der Waals surface area contributed by atoms with Crippen LogP contribution in [0.15, 0.2) is 27.5 Å². The molecule has 2 rings (SSSR count). The van der Waals surface area contributed by atoms with E-state index in [1.54, 1.807) is 13.8 Å². The molecule has 0 saturated carbocycles. The smallest absolute Gasteiger partial charge is 0.416 e. The summed E-state index contributed by atoms with van der Waals surface area (Å²) in [6.07, 6.45) is -4.63. The van der Waals surface area contributed by atoms with Gasteiger partial charge in [0.1, 0.15) is 10.9 Å². The number of alkyl halides is 3. The lowest BCUT2D eigenvalue weighted by Gasteiger charge is -2.28. The van der Waals surface area contributed by atoms with Crippen molar-refractivity contribution in [2.24, 2.45) is 5.92 Å². The van der Waals surface area contributed by atoms with Crippen LogP contribution in [0, 0.1) is 5.92 Å². The van der Waals surface area contributed by atoms with E-state index in [4.69, 9.17) is 16.0 Å². The Balaban J connectivity index is 2.49. The van der Waals surface area contributed by atoms with Crippen molar-refractivity contribution < 1.29 is 26.0 Å². The molecule has 0 aliphatic carbocycles. The Hall–Kier alpha value is -1.65. The Labute approximate surface area is 173 Å². The van der Waals surface area contributed by atoms with Crippen LogP contribution >= 0.6 is 11.6 Å². The Kier molecular flexibility index (Phi) is 6.42. The zero-order chi connectivity index (χ0) is 22.4. The van der Waals surface area contributed by atoms with E-state index < -0.39 is 43.1 Å². The highest BCUT2D eigenvalue weighted by Crippen LogP contribution is 2.37. The van der Waals surface area contributed by atoms with Crippen LogP contribution in [0.3, 0.4) is 0 Å². The maximum atomic E-state index is 13.1. The van der Waals surface area contributed by atoms with E-state index in [9.17, 15) is 21.6 Å². The van der Waals surface area contributed by atoms with Gasteiger partial charge in [-0.15, -0.1) is 10.2 Å². The lowest BCUT2D eigenvalue weighted by Crippen LogP contribution is -2.34. The van der Waals surface area contributed by atoms with Gasteiger partial charge in [-0.25, -0.2) is 8.42 Å². The zero-order valence-electron chi connectivity index (χ0n) is 16.9. The molecule has 0 fully saturated rings. The van der Waals surface area contributed by atoms with Gasteiger partial charge in [0.05, 0.1) is 10.6 Å². The monoisotopic (exact) mass is 453 g/mol. The van der Waals surface area contributed by atoms with Gasteiger partial charge in [-0.1, -0.05) is 46.2 Å². The van der Waals surface area contributed by atoms with Gasteiger partial charge in [-0.2, -0.15) is 17.5 Å². The number of halogens is 4. The van der Waals surface area contributed by atoms with Gasteiger partial charge in [-0.05, 0) is 24.1 Å². The molecule has 0 aliphatic rings. The van der Waals surface area contributed by atoms with Crippen molar-refractivity contribution in [3.8, 4) is 0 Å². The van der Waals surface area contributed by atoms with Crippen LogP contribution in [0.25, 0.3) is 0 Å². The summed E-state index contributed by atoms with van der Waals surface area (Å²) in [5.74, 6) is 0.173. The van der Waals surface area contributed by atoms with E-state index in [0.29, 0.717) is 18.0 Å². The topological polar surface area (TPSA) is 76.3 Å². The molecule has 0 N–H and O–H groups in total. The number of nitrogens with zero attached hydrogens (tertiary/aromatic N) is 3. The number of sulfonamides is 1. The van der Waals surface area contributed by atoms with Crippen molar-refractivity contribution in [3.05, 3.63) is 40.6 Å². The quantitative estimate of drug-likeness (QED) is 0.632. The summed E-state index contributed by atoms with van der Waals surface area (Å²) in [4.78, 5) is -0.434. The van der Waals surface area contributed by atoms with Gasteiger partial charge in [0.2, 0.25) is 21.8 Å². The first-order chi connectivity index (χ1) is 13.1. The molecular formula is C18H23ClF3N3O3S. The van der Waals surface area contributed by atoms with Crippen LogP contribution in [0.4, 0.5) is 13.2 Å². The molecule has 0 aliphatic heterocycles. The number of benzene rings is 1. The highest BCUT2D eigenvalue weighted by atomic mass is 35.5. The predicted octanol–water partition coefficient (Wildman–Crippen LogP) is 5.06. The van der Waals surface area contributed by atoms with Crippen LogP contribution in [-0.4, -0.2) is 30.0 Å². The van der Waals surface area contributed by atoms with Crippen molar-refractivity contribution in [2.75, 3.05) is 7.05 Å². The molecule has 162 valence electrons. The van der Waals surface area contributed by atoms with E-state index in [2.05, 4.69) is 10.2 Å². The van der Waals surface area contributed by atoms with Crippen LogP contribution < -0.4 is 0 Å². The van der Waals surface area contributed by atoms with E-state index in [1.807, 2.05) is 20.8 Å². The normalized spacial score (nSPS) is 14.6. The first-order valence-electron chi connectivity index (χ1n) is 8.75. The molecule has 1 atom stereocenters. The maximum absolute atomic E-state index is 13.1. The molecule has 29 heavy (non-hydrogen) atoms. The minimum atomic E-state index is -4.63. The lowest BCUT2D eigenvalue weighted by molar-refractivity contribution is -0.137. The lowest BCUT2D eigenvalue weighted by atomic mass is 9.97. The molecular weight excluding hydrogens is 431 g/mol. The molecule has 0 amide bonds. The van der Waals surface area contributed by atoms with Crippen molar-refractivity contribution in [2.45, 2.75) is 57.1 Å². The Morgan fingerprint density at radius 3 is 2.14 bits per heavy atom. The molecule has 1 heterocycles. The minimum Gasteiger partial charge on any atom is -0.423 e. The standard InChI is InChI=1S/C18H23ClF3N3O3S/c1-10(2)14(15-23-24-16(28-15)17(3,4)5)25(6)29(26,27)13-8-7-11(9-12(13)19)18(20,21)22/h7-10,14H,1-6H3/t14-/m0/s1. The Morgan fingerprint density at radius 2 is 1.72 bits per heavy atom. The number of rotatable bonds is 5. The van der Waals surface area contributed by atoms with Crippen LogP contribution in [-0.2, 0) is 21.6 Å². The molecule has 0 bridgehead atoms. The summed E-state index contributed by atoms with van der Waals surface area (Å²) in [7, 11) is -2.94. The van der Waals surface area contributed by atoms with Crippen molar-refractivity contribution >= 4 is 21.6 Å². The second-order valence-corrected chi connectivity index (χ2v) is 10.4. The molecule has 0 radical (unpaired) electrons. The number of hydrogen-bond donors (Lipinski definition) is 0. The number of aromatic nitrogens is 2. The molecule has 0 saturated heterocycles. The molecule has 1 aromatic heterocycles. The average Bonchev–Trinajstić information content (AvgIpc) is 3.03. The Bertz CT molecular complexity index is 982. The first kappa shape index (κ1) is 23.6. The second kappa shape index (κ2) is 7.88. The fourth-order valence-corrected chi connectivity index (χ4v) is 4.67. The number of hydrogen-bond acceptors (Lipinski definition) is 5. The van der Waals surface area contributed by atoms with Gasteiger partial charge in [0.25, 0.3) is 0 Å². The summed E-state index contributed by atoms with van der Waals surface area (Å²) >= 11 is 5.90. The maximum Gasteiger partial charge on any atom is 0.416 e. The van der Waals surface area contributed by atoms with Gasteiger partial charge >= 0.3 is 6.18 Å². The van der Waals surface area contributed by atoms with Crippen LogP contribution in [0.1, 0.15) is 58.0 Å². The van der Waals surface area contributed by atoms with Gasteiger partial charge < -0.3 is 4.42 Å². The molecule has 0 spiro atoms. The largest absolute Gasteiger partial charge is 0.423 e. The molecule has 1 aromatic carbocycles. The summed E-state index contributed by atoms with van der Waals surface area (Å²) < 4.78 is 71.5. The first-order valence-corrected chi connectivity index (χ1v) is 10.6. The van der Waals surface area contributed by atoms with Crippen molar-refractivity contribution in [1.82, 2.24) is 14.5 Å². The second-order valence-electron chi connectivity index (χ2n) is 8.05. The van der Waals surface area contributed by atoms with E-state index in [0.717, 1.165) is 10.4 Å². The summed E-state index contributed by atoms with van der Waals surface area (Å²) in [6, 6.07) is 1.29. The van der Waals surface area contributed by atoms with E-state index >= 15 is 0 Å². The zero-order valence-corrected chi connectivity index (χ0v) is 18.4. The molecule has 0 unspecified atom stereocenters. The molecule has 2 aromatic rings. The van der Waals surface area contributed by atoms with E-state index in [-0.39, 0.29) is 11.8 Å². The van der Waals surface area contributed by atoms with Gasteiger partial charge in [-0.3, -0.25) is 0 Å². The highest BCUT2D eigenvalue weighted by Gasteiger charge is 2.38. The van der Waals surface area contributed by atoms with Crippen LogP contribution in [0.5, 0.6) is 0 Å². The third-order valence-corrected chi connectivity index (χ3v) is 6.60. The van der Waals surface area contributed by atoms with E-state index in [1.165, 1.54) is 7.05 Å². The van der Waals surface area contributed by atoms with Crippen molar-refractivity contribution in [1.29, 1.82) is 0 Å². The van der Waals surface area contributed by atoms with Gasteiger partial charge in [0.15, 0.2) is 0 Å². The SMILES string of the molecule is CC(C)[C@@H](c1nnc(C(C)(C)C)o1)N(C)S(=O)(=O)c1ccc(C(F)(F)F)cc1Cl. The summed E-state index contributed by atoms with van der Waals surface area (Å²) in [6.45, 7) is 9.16. The Morgan fingerprint density at radius 1 is 1.14 bits per heavy atom.